The third-order valence-corrected chi connectivity index (χ3v) is 4.91. The van der Waals surface area contributed by atoms with E-state index < -0.39 is 0 Å². The van der Waals surface area contributed by atoms with Gasteiger partial charge in [0.25, 0.3) is 0 Å². The maximum atomic E-state index is 12.5. The summed E-state index contributed by atoms with van der Waals surface area (Å²) in [6.07, 6.45) is 5.43. The van der Waals surface area contributed by atoms with Crippen LogP contribution in [0, 0.1) is 6.92 Å². The van der Waals surface area contributed by atoms with Crippen LogP contribution in [0.1, 0.15) is 21.7 Å². The van der Waals surface area contributed by atoms with Crippen LogP contribution in [0.15, 0.2) is 72.3 Å². The van der Waals surface area contributed by atoms with Crippen molar-refractivity contribution < 1.29 is 4.79 Å². The number of hydrogen-bond donors (Lipinski definition) is 0. The van der Waals surface area contributed by atoms with E-state index >= 15 is 0 Å². The zero-order valence-corrected chi connectivity index (χ0v) is 14.5. The van der Waals surface area contributed by atoms with Crippen molar-refractivity contribution in [2.75, 3.05) is 0 Å². The number of imidazole rings is 1. The molecule has 0 radical (unpaired) electrons. The molecular formula is C21H16N2OS. The van der Waals surface area contributed by atoms with Gasteiger partial charge in [0.15, 0.2) is 10.7 Å². The number of allylic oxidation sites excluding steroid dienone is 1. The van der Waals surface area contributed by atoms with E-state index in [-0.39, 0.29) is 5.78 Å². The van der Waals surface area contributed by atoms with Crippen molar-refractivity contribution in [3.8, 4) is 11.1 Å². The molecule has 0 fully saturated rings. The minimum atomic E-state index is -0.0100. The molecule has 4 rings (SSSR count). The number of rotatable bonds is 4. The summed E-state index contributed by atoms with van der Waals surface area (Å²) in [6, 6.07) is 17.9. The minimum Gasteiger partial charge on any atom is -0.291 e. The predicted molar refractivity (Wildman–Crippen MR) is 103 cm³/mol. The van der Waals surface area contributed by atoms with Gasteiger partial charge in [0.2, 0.25) is 0 Å². The molecule has 122 valence electrons. The number of nitrogens with zero attached hydrogens (tertiary/aromatic N) is 2. The SMILES string of the molecule is Cc1nc2sccn2c1/C=C/C(=O)c1ccc(-c2ccccc2)cc1. The Balaban J connectivity index is 1.57. The molecule has 0 saturated carbocycles. The number of carbonyl (C=O) groups excluding carboxylic acids is 1. The average molecular weight is 344 g/mol. The number of ketones is 1. The summed E-state index contributed by atoms with van der Waals surface area (Å²) < 4.78 is 2.00. The Labute approximate surface area is 149 Å². The van der Waals surface area contributed by atoms with Gasteiger partial charge in [0.05, 0.1) is 11.4 Å². The number of fused-ring (bicyclic) bond motifs is 1. The van der Waals surface area contributed by atoms with E-state index in [2.05, 4.69) is 17.1 Å². The fourth-order valence-electron chi connectivity index (χ4n) is 2.82. The first-order chi connectivity index (χ1) is 12.2. The number of aromatic nitrogens is 2. The maximum absolute atomic E-state index is 12.5. The second-order valence-corrected chi connectivity index (χ2v) is 6.65. The fraction of sp³-hybridized carbons (Fsp3) is 0.0476. The van der Waals surface area contributed by atoms with Gasteiger partial charge < -0.3 is 0 Å². The van der Waals surface area contributed by atoms with Gasteiger partial charge in [-0.2, -0.15) is 0 Å². The van der Waals surface area contributed by atoms with E-state index in [0.29, 0.717) is 5.56 Å². The molecule has 25 heavy (non-hydrogen) atoms. The summed E-state index contributed by atoms with van der Waals surface area (Å²) in [5.41, 5.74) is 4.81. The van der Waals surface area contributed by atoms with Gasteiger partial charge in [0.1, 0.15) is 0 Å². The number of hydrogen-bond acceptors (Lipinski definition) is 3. The van der Waals surface area contributed by atoms with Crippen molar-refractivity contribution in [2.45, 2.75) is 6.92 Å². The van der Waals surface area contributed by atoms with E-state index in [1.54, 1.807) is 17.4 Å². The average Bonchev–Trinajstić information content (AvgIpc) is 3.21. The van der Waals surface area contributed by atoms with Crippen LogP contribution in [0.5, 0.6) is 0 Å². The lowest BCUT2D eigenvalue weighted by molar-refractivity contribution is 0.104. The molecule has 0 aliphatic rings. The van der Waals surface area contributed by atoms with Crippen LogP contribution in [0.3, 0.4) is 0 Å². The van der Waals surface area contributed by atoms with Crippen LogP contribution in [0.25, 0.3) is 22.2 Å². The molecular weight excluding hydrogens is 328 g/mol. The molecule has 3 nitrogen and oxygen atoms in total. The second kappa shape index (κ2) is 6.49. The van der Waals surface area contributed by atoms with Crippen molar-refractivity contribution in [2.24, 2.45) is 0 Å². The van der Waals surface area contributed by atoms with Crippen LogP contribution in [0.4, 0.5) is 0 Å². The first kappa shape index (κ1) is 15.5. The fourth-order valence-corrected chi connectivity index (χ4v) is 3.59. The van der Waals surface area contributed by atoms with E-state index in [9.17, 15) is 4.79 Å². The van der Waals surface area contributed by atoms with Crippen molar-refractivity contribution in [3.05, 3.63) is 89.2 Å². The van der Waals surface area contributed by atoms with Gasteiger partial charge in [-0.25, -0.2) is 4.98 Å². The monoisotopic (exact) mass is 344 g/mol. The molecule has 4 heteroatoms. The zero-order chi connectivity index (χ0) is 17.2. The normalized spacial score (nSPS) is 11.4. The molecule has 2 aromatic heterocycles. The highest BCUT2D eigenvalue weighted by Gasteiger charge is 2.08. The molecule has 2 aromatic carbocycles. The van der Waals surface area contributed by atoms with E-state index in [4.69, 9.17) is 0 Å². The molecule has 0 aliphatic heterocycles. The summed E-state index contributed by atoms with van der Waals surface area (Å²) >= 11 is 1.59. The van der Waals surface area contributed by atoms with E-state index in [1.807, 2.05) is 71.4 Å². The molecule has 0 bridgehead atoms. The highest BCUT2D eigenvalue weighted by Crippen LogP contribution is 2.21. The lowest BCUT2D eigenvalue weighted by Gasteiger charge is -2.02. The van der Waals surface area contributed by atoms with Gasteiger partial charge in [-0.15, -0.1) is 11.3 Å². The van der Waals surface area contributed by atoms with Gasteiger partial charge in [-0.05, 0) is 30.2 Å². The smallest absolute Gasteiger partial charge is 0.194 e. The molecule has 0 N–H and O–H groups in total. The maximum Gasteiger partial charge on any atom is 0.194 e. The lowest BCUT2D eigenvalue weighted by Crippen LogP contribution is -1.94. The molecule has 0 atom stereocenters. The highest BCUT2D eigenvalue weighted by atomic mass is 32.1. The Morgan fingerprint density at radius 3 is 2.52 bits per heavy atom. The summed E-state index contributed by atoms with van der Waals surface area (Å²) in [7, 11) is 0. The predicted octanol–water partition coefficient (Wildman–Crippen LogP) is 5.27. The third kappa shape index (κ3) is 3.04. The quantitative estimate of drug-likeness (QED) is 0.373. The summed E-state index contributed by atoms with van der Waals surface area (Å²) in [5, 5.41) is 1.99. The topological polar surface area (TPSA) is 34.4 Å². The Bertz CT molecular complexity index is 1060. The van der Waals surface area contributed by atoms with E-state index in [0.717, 1.165) is 27.5 Å². The van der Waals surface area contributed by atoms with Crippen LogP contribution >= 0.6 is 11.3 Å². The van der Waals surface area contributed by atoms with Crippen LogP contribution in [0.2, 0.25) is 0 Å². The number of thiazole rings is 1. The molecule has 0 unspecified atom stereocenters. The highest BCUT2D eigenvalue weighted by molar-refractivity contribution is 7.15. The molecule has 0 aliphatic carbocycles. The Morgan fingerprint density at radius 2 is 1.76 bits per heavy atom. The largest absolute Gasteiger partial charge is 0.291 e. The van der Waals surface area contributed by atoms with Gasteiger partial charge in [-0.3, -0.25) is 9.20 Å². The standard InChI is InChI=1S/C21H16N2OS/c1-15-19(23-13-14-25-21(23)22-15)11-12-20(24)18-9-7-17(8-10-18)16-5-3-2-4-6-16/h2-14H,1H3/b12-11+. The lowest BCUT2D eigenvalue weighted by atomic mass is 10.0. The van der Waals surface area contributed by atoms with Gasteiger partial charge >= 0.3 is 0 Å². The molecule has 0 spiro atoms. The Morgan fingerprint density at radius 1 is 1.04 bits per heavy atom. The minimum absolute atomic E-state index is 0.0100. The van der Waals surface area contributed by atoms with Crippen molar-refractivity contribution >= 4 is 28.2 Å². The van der Waals surface area contributed by atoms with Crippen molar-refractivity contribution in [1.82, 2.24) is 9.38 Å². The second-order valence-electron chi connectivity index (χ2n) is 5.78. The number of aryl methyl sites for hydroxylation is 1. The zero-order valence-electron chi connectivity index (χ0n) is 13.7. The summed E-state index contributed by atoms with van der Waals surface area (Å²) in [6.45, 7) is 1.96. The molecule has 0 amide bonds. The van der Waals surface area contributed by atoms with Gasteiger partial charge in [0, 0.05) is 17.1 Å². The molecule has 4 aromatic rings. The third-order valence-electron chi connectivity index (χ3n) is 4.15. The molecule has 0 saturated heterocycles. The Kier molecular flexibility index (Phi) is 4.04. The van der Waals surface area contributed by atoms with Gasteiger partial charge in [-0.1, -0.05) is 54.6 Å². The summed E-state index contributed by atoms with van der Waals surface area (Å²) in [5.74, 6) is -0.0100. The number of carbonyl (C=O) groups is 1. The first-order valence-corrected chi connectivity index (χ1v) is 8.90. The van der Waals surface area contributed by atoms with Crippen molar-refractivity contribution in [3.63, 3.8) is 0 Å². The Hall–Kier alpha value is -2.98. The summed E-state index contributed by atoms with van der Waals surface area (Å²) in [4.78, 5) is 17.9. The molecule has 2 heterocycles. The van der Waals surface area contributed by atoms with Crippen LogP contribution < -0.4 is 0 Å². The van der Waals surface area contributed by atoms with Crippen LogP contribution in [-0.2, 0) is 0 Å². The van der Waals surface area contributed by atoms with Crippen LogP contribution in [-0.4, -0.2) is 15.2 Å². The van der Waals surface area contributed by atoms with E-state index in [1.165, 1.54) is 0 Å². The first-order valence-electron chi connectivity index (χ1n) is 8.02. The number of benzene rings is 2. The van der Waals surface area contributed by atoms with Crippen molar-refractivity contribution in [1.29, 1.82) is 0 Å².